The van der Waals surface area contributed by atoms with E-state index in [1.54, 1.807) is 0 Å². The second-order valence-electron chi connectivity index (χ2n) is 4.60. The van der Waals surface area contributed by atoms with E-state index in [0.717, 1.165) is 0 Å². The molecule has 0 unspecified atom stereocenters. The summed E-state index contributed by atoms with van der Waals surface area (Å²) < 4.78 is 0. The molecule has 0 heterocycles. The fourth-order valence-corrected chi connectivity index (χ4v) is 5.97. The summed E-state index contributed by atoms with van der Waals surface area (Å²) in [5.41, 5.74) is 0.467. The van der Waals surface area contributed by atoms with Gasteiger partial charge < -0.3 is 0 Å². The van der Waals surface area contributed by atoms with E-state index >= 15 is 0 Å². The quantitative estimate of drug-likeness (QED) is 0.586. The molecule has 0 bridgehead atoms. The third-order valence-corrected chi connectivity index (χ3v) is 9.74. The van der Waals surface area contributed by atoms with Crippen molar-refractivity contribution in [1.82, 2.24) is 0 Å². The van der Waals surface area contributed by atoms with Crippen LogP contribution < -0.4 is 10.4 Å². The van der Waals surface area contributed by atoms with Crippen LogP contribution in [-0.4, -0.2) is 7.38 Å². The maximum absolute atomic E-state index is 7.06. The van der Waals surface area contributed by atoms with Crippen molar-refractivity contribution >= 4 is 28.8 Å². The van der Waals surface area contributed by atoms with Gasteiger partial charge in [-0.05, 0) is 15.9 Å². The van der Waals surface area contributed by atoms with E-state index in [2.05, 4.69) is 62.4 Å². The van der Waals surface area contributed by atoms with Crippen molar-refractivity contribution in [2.24, 2.45) is 0 Å². The molecule has 2 heteroatoms. The maximum Gasteiger partial charge on any atom is 0.219 e. The van der Waals surface area contributed by atoms with Crippen molar-refractivity contribution in [2.45, 2.75) is 19.4 Å². The number of rotatable bonds is 3. The Morgan fingerprint density at radius 1 is 0.765 bits per heavy atom. The van der Waals surface area contributed by atoms with Crippen molar-refractivity contribution < 1.29 is 0 Å². The first-order chi connectivity index (χ1) is 8.15. The molecule has 0 spiro atoms. The lowest BCUT2D eigenvalue weighted by Crippen LogP contribution is -2.55. The van der Waals surface area contributed by atoms with E-state index < -0.39 is 7.38 Å². The number of benzene rings is 2. The van der Waals surface area contributed by atoms with E-state index in [1.807, 2.05) is 12.1 Å². The molecular weight excluding hydrogens is 244 g/mol. The molecule has 0 saturated carbocycles. The predicted octanol–water partition coefficient (Wildman–Crippen LogP) is 3.40. The van der Waals surface area contributed by atoms with E-state index in [-0.39, 0.29) is 0 Å². The van der Waals surface area contributed by atoms with Crippen LogP contribution in [0.1, 0.15) is 13.8 Å². The van der Waals surface area contributed by atoms with Crippen LogP contribution in [0.5, 0.6) is 0 Å². The Labute approximate surface area is 109 Å². The fraction of sp³-hybridized carbons (Fsp3) is 0.200. The van der Waals surface area contributed by atoms with Gasteiger partial charge >= 0.3 is 0 Å². The number of halogens is 1. The second kappa shape index (κ2) is 5.07. The van der Waals surface area contributed by atoms with E-state index in [4.69, 9.17) is 11.1 Å². The highest BCUT2D eigenvalue weighted by Gasteiger charge is 2.38. The highest BCUT2D eigenvalue weighted by molar-refractivity contribution is 7.34. The zero-order valence-corrected chi connectivity index (χ0v) is 12.0. The van der Waals surface area contributed by atoms with Crippen molar-refractivity contribution in [3.05, 3.63) is 60.7 Å². The zero-order chi connectivity index (χ0) is 12.3. The summed E-state index contributed by atoms with van der Waals surface area (Å²) in [4.78, 5) is 0. The molecular formula is C15H17ClSi. The Morgan fingerprint density at radius 3 is 1.41 bits per heavy atom. The lowest BCUT2D eigenvalue weighted by molar-refractivity contribution is 1.05. The molecule has 0 aliphatic carbocycles. The first-order valence-corrected chi connectivity index (χ1v) is 9.04. The van der Waals surface area contributed by atoms with Gasteiger partial charge in [-0.15, -0.1) is 0 Å². The van der Waals surface area contributed by atoms with Crippen molar-refractivity contribution in [3.8, 4) is 0 Å². The largest absolute Gasteiger partial charge is 0.219 e. The molecule has 17 heavy (non-hydrogen) atoms. The molecule has 0 atom stereocenters. The molecule has 2 aromatic rings. The zero-order valence-electron chi connectivity index (χ0n) is 10.2. The molecule has 0 amide bonds. The topological polar surface area (TPSA) is 0 Å². The smallest absolute Gasteiger partial charge is 0.155 e. The second-order valence-corrected chi connectivity index (χ2v) is 10.1. The minimum atomic E-state index is -2.11. The summed E-state index contributed by atoms with van der Waals surface area (Å²) >= 11 is 7.06. The minimum absolute atomic E-state index is 0.467. The van der Waals surface area contributed by atoms with Gasteiger partial charge in [-0.25, -0.2) is 0 Å². The van der Waals surface area contributed by atoms with Crippen LogP contribution in [0.2, 0.25) is 5.54 Å². The van der Waals surface area contributed by atoms with Gasteiger partial charge in [0.2, 0.25) is 7.38 Å². The van der Waals surface area contributed by atoms with Crippen LogP contribution in [0.4, 0.5) is 0 Å². The summed E-state index contributed by atoms with van der Waals surface area (Å²) in [7, 11) is -2.11. The monoisotopic (exact) mass is 260 g/mol. The average Bonchev–Trinajstić information content (AvgIpc) is 2.39. The van der Waals surface area contributed by atoms with Gasteiger partial charge in [0.15, 0.2) is 0 Å². The van der Waals surface area contributed by atoms with Gasteiger partial charge in [0.25, 0.3) is 0 Å². The van der Waals surface area contributed by atoms with Gasteiger partial charge in [0.1, 0.15) is 0 Å². The van der Waals surface area contributed by atoms with Crippen molar-refractivity contribution in [1.29, 1.82) is 0 Å². The van der Waals surface area contributed by atoms with E-state index in [9.17, 15) is 0 Å². The maximum atomic E-state index is 7.06. The van der Waals surface area contributed by atoms with Gasteiger partial charge in [0.05, 0.1) is 0 Å². The Hall–Kier alpha value is -1.05. The minimum Gasteiger partial charge on any atom is -0.155 e. The lowest BCUT2D eigenvalue weighted by atomic mass is 10.4. The third-order valence-electron chi connectivity index (χ3n) is 3.18. The Morgan fingerprint density at radius 2 is 1.12 bits per heavy atom. The summed E-state index contributed by atoms with van der Waals surface area (Å²) in [6, 6.07) is 21.0. The van der Waals surface area contributed by atoms with Crippen molar-refractivity contribution in [3.63, 3.8) is 0 Å². The van der Waals surface area contributed by atoms with Crippen LogP contribution in [0, 0.1) is 0 Å². The fourth-order valence-electron chi connectivity index (χ4n) is 2.19. The van der Waals surface area contributed by atoms with Crippen LogP contribution in [0.3, 0.4) is 0 Å². The molecule has 0 nitrogen and oxygen atoms in total. The first kappa shape index (κ1) is 12.4. The third kappa shape index (κ3) is 2.31. The lowest BCUT2D eigenvalue weighted by Gasteiger charge is -2.29. The van der Waals surface area contributed by atoms with Gasteiger partial charge in [0, 0.05) is 0 Å². The summed E-state index contributed by atoms with van der Waals surface area (Å²) in [6.45, 7) is 4.44. The van der Waals surface area contributed by atoms with E-state index in [0.29, 0.717) is 5.54 Å². The molecule has 0 radical (unpaired) electrons. The Balaban J connectivity index is 2.55. The molecule has 2 aromatic carbocycles. The van der Waals surface area contributed by atoms with Crippen LogP contribution in [0.25, 0.3) is 0 Å². The van der Waals surface area contributed by atoms with Gasteiger partial charge in [-0.2, -0.15) is 11.1 Å². The standard InChI is InChI=1S/C15H17ClSi/c1-13(2)17(16,14-9-5-3-6-10-14)15-11-7-4-8-12-15/h3-13H,1-2H3. The predicted molar refractivity (Wildman–Crippen MR) is 78.9 cm³/mol. The van der Waals surface area contributed by atoms with Crippen LogP contribution >= 0.6 is 11.1 Å². The Bertz CT molecular complexity index is 425. The summed E-state index contributed by atoms with van der Waals surface area (Å²) in [5.74, 6) is 0. The first-order valence-electron chi connectivity index (χ1n) is 5.95. The Kier molecular flexibility index (Phi) is 3.70. The van der Waals surface area contributed by atoms with E-state index in [1.165, 1.54) is 10.4 Å². The molecule has 0 fully saturated rings. The highest BCUT2D eigenvalue weighted by Crippen LogP contribution is 2.24. The molecule has 0 saturated heterocycles. The molecule has 0 N–H and O–H groups in total. The SMILES string of the molecule is CC(C)[Si](Cl)(c1ccccc1)c1ccccc1. The highest BCUT2D eigenvalue weighted by atomic mass is 35.6. The van der Waals surface area contributed by atoms with Crippen molar-refractivity contribution in [2.75, 3.05) is 0 Å². The van der Waals surface area contributed by atoms with Crippen LogP contribution in [0.15, 0.2) is 60.7 Å². The molecule has 88 valence electrons. The summed E-state index contributed by atoms with van der Waals surface area (Å²) in [5, 5.41) is 2.59. The normalized spacial score (nSPS) is 11.8. The van der Waals surface area contributed by atoms with Crippen LogP contribution in [-0.2, 0) is 0 Å². The molecule has 0 aliphatic rings. The molecule has 0 aliphatic heterocycles. The van der Waals surface area contributed by atoms with Gasteiger partial charge in [-0.3, -0.25) is 0 Å². The molecule has 0 aromatic heterocycles. The summed E-state index contributed by atoms with van der Waals surface area (Å²) in [6.07, 6.45) is 0. The average molecular weight is 261 g/mol. The molecule has 2 rings (SSSR count). The number of hydrogen-bond donors (Lipinski definition) is 0. The number of hydrogen-bond acceptors (Lipinski definition) is 0. The van der Waals surface area contributed by atoms with Gasteiger partial charge in [-0.1, -0.05) is 74.5 Å².